The molecule has 7 heavy (non-hydrogen) atoms. The summed E-state index contributed by atoms with van der Waals surface area (Å²) in [6.07, 6.45) is 0. The van der Waals surface area contributed by atoms with Crippen LogP contribution in [0.5, 0.6) is 0 Å². The van der Waals surface area contributed by atoms with E-state index in [1.165, 1.54) is 0 Å². The molecular weight excluding hydrogens is 295 g/mol. The van der Waals surface area contributed by atoms with Crippen LogP contribution in [0.2, 0.25) is 0 Å². The van der Waals surface area contributed by atoms with Gasteiger partial charge in [-0.15, -0.1) is 0 Å². The van der Waals surface area contributed by atoms with Crippen LogP contribution in [-0.4, -0.2) is 8.31 Å². The summed E-state index contributed by atoms with van der Waals surface area (Å²) in [5.74, 6) is 0. The standard InChI is InChI=1S/C3H4Br3F/c1-2(4)3(5,6)7/h2H,1H3. The Morgan fingerprint density at radius 1 is 1.57 bits per heavy atom. The fraction of sp³-hybridized carbons (Fsp3) is 1.00. The SMILES string of the molecule is CC(Br)C(F)(Br)Br. The van der Waals surface area contributed by atoms with Crippen molar-refractivity contribution in [3.05, 3.63) is 0 Å². The Labute approximate surface area is 67.2 Å². The van der Waals surface area contributed by atoms with Crippen LogP contribution in [0.25, 0.3) is 0 Å². The van der Waals surface area contributed by atoms with Gasteiger partial charge in [0.2, 0.25) is 3.49 Å². The van der Waals surface area contributed by atoms with E-state index in [4.69, 9.17) is 0 Å². The summed E-state index contributed by atoms with van der Waals surface area (Å²) in [7, 11) is 0. The van der Waals surface area contributed by atoms with Gasteiger partial charge in [-0.1, -0.05) is 15.9 Å². The van der Waals surface area contributed by atoms with Gasteiger partial charge in [-0.05, 0) is 38.8 Å². The third kappa shape index (κ3) is 3.91. The molecule has 0 radical (unpaired) electrons. The third-order valence-electron chi connectivity index (χ3n) is 0.451. The summed E-state index contributed by atoms with van der Waals surface area (Å²) in [6.45, 7) is 1.70. The van der Waals surface area contributed by atoms with Crippen LogP contribution in [0.15, 0.2) is 0 Å². The first kappa shape index (κ1) is 8.37. The van der Waals surface area contributed by atoms with E-state index in [0.29, 0.717) is 0 Å². The van der Waals surface area contributed by atoms with Gasteiger partial charge >= 0.3 is 0 Å². The van der Waals surface area contributed by atoms with E-state index in [1.807, 2.05) is 0 Å². The molecule has 0 bridgehead atoms. The van der Waals surface area contributed by atoms with E-state index in [0.717, 1.165) is 0 Å². The molecule has 0 N–H and O–H groups in total. The molecule has 0 saturated carbocycles. The summed E-state index contributed by atoms with van der Waals surface area (Å²) < 4.78 is 10.8. The highest BCUT2D eigenvalue weighted by Gasteiger charge is 2.26. The van der Waals surface area contributed by atoms with E-state index in [2.05, 4.69) is 47.8 Å². The summed E-state index contributed by atoms with van der Waals surface area (Å²) in [4.78, 5) is -0.222. The van der Waals surface area contributed by atoms with Crippen molar-refractivity contribution in [2.24, 2.45) is 0 Å². The quantitative estimate of drug-likeness (QED) is 0.652. The minimum atomic E-state index is -1.46. The highest BCUT2D eigenvalue weighted by molar-refractivity contribution is 9.26. The number of alkyl halides is 4. The van der Waals surface area contributed by atoms with E-state index in [9.17, 15) is 4.39 Å². The Morgan fingerprint density at radius 2 is 1.71 bits per heavy atom. The average Bonchev–Trinajstić information content (AvgIpc) is 1.31. The molecule has 1 atom stereocenters. The molecule has 0 saturated heterocycles. The zero-order chi connectivity index (χ0) is 6.08. The molecule has 0 aliphatic carbocycles. The van der Waals surface area contributed by atoms with E-state index in [1.54, 1.807) is 6.92 Å². The van der Waals surface area contributed by atoms with Crippen molar-refractivity contribution in [1.29, 1.82) is 0 Å². The minimum absolute atomic E-state index is 0.222. The second-order valence-electron chi connectivity index (χ2n) is 1.16. The molecule has 0 rings (SSSR count). The highest BCUT2D eigenvalue weighted by Crippen LogP contribution is 2.35. The molecule has 0 heterocycles. The van der Waals surface area contributed by atoms with E-state index >= 15 is 0 Å². The number of hydrogen-bond acceptors (Lipinski definition) is 0. The maximum atomic E-state index is 12.3. The monoisotopic (exact) mass is 296 g/mol. The van der Waals surface area contributed by atoms with Gasteiger partial charge in [-0.25, -0.2) is 4.39 Å². The zero-order valence-electron chi connectivity index (χ0n) is 3.59. The molecule has 4 heteroatoms. The molecule has 0 aliphatic heterocycles. The first-order valence-electron chi connectivity index (χ1n) is 1.65. The third-order valence-corrected chi connectivity index (χ3v) is 3.68. The number of halogens is 4. The van der Waals surface area contributed by atoms with Crippen LogP contribution in [-0.2, 0) is 0 Å². The molecular formula is C3H4Br3F. The van der Waals surface area contributed by atoms with Gasteiger partial charge in [0.15, 0.2) is 0 Å². The molecule has 0 fully saturated rings. The van der Waals surface area contributed by atoms with Gasteiger partial charge < -0.3 is 0 Å². The van der Waals surface area contributed by atoms with Crippen LogP contribution in [0.4, 0.5) is 4.39 Å². The Balaban J connectivity index is 3.54. The van der Waals surface area contributed by atoms with E-state index < -0.39 is 3.49 Å². The van der Waals surface area contributed by atoms with Crippen LogP contribution in [0, 0.1) is 0 Å². The van der Waals surface area contributed by atoms with Gasteiger partial charge in [0.25, 0.3) is 0 Å². The minimum Gasteiger partial charge on any atom is -0.217 e. The predicted octanol–water partition coefficient (Wildman–Crippen LogP) is 3.18. The second kappa shape index (κ2) is 2.78. The Bertz CT molecular complexity index is 55.7. The summed E-state index contributed by atoms with van der Waals surface area (Å²) in [5.41, 5.74) is 0. The summed E-state index contributed by atoms with van der Waals surface area (Å²) in [5, 5.41) is 0. The molecule has 1 unspecified atom stereocenters. The summed E-state index contributed by atoms with van der Waals surface area (Å²) >= 11 is 8.52. The lowest BCUT2D eigenvalue weighted by molar-refractivity contribution is 0.431. The van der Waals surface area contributed by atoms with Gasteiger partial charge in [-0.3, -0.25) is 0 Å². The highest BCUT2D eigenvalue weighted by atomic mass is 79.9. The molecule has 0 nitrogen and oxygen atoms in total. The fourth-order valence-corrected chi connectivity index (χ4v) is 0. The van der Waals surface area contributed by atoms with E-state index in [-0.39, 0.29) is 4.83 Å². The molecule has 44 valence electrons. The maximum Gasteiger partial charge on any atom is 0.230 e. The molecule has 0 aliphatic rings. The lowest BCUT2D eigenvalue weighted by Crippen LogP contribution is -2.13. The maximum absolute atomic E-state index is 12.3. The Hall–Kier alpha value is 1.37. The predicted molar refractivity (Wildman–Crippen MR) is 40.1 cm³/mol. The van der Waals surface area contributed by atoms with Gasteiger partial charge in [0.05, 0.1) is 4.83 Å². The van der Waals surface area contributed by atoms with Gasteiger partial charge in [0.1, 0.15) is 0 Å². The van der Waals surface area contributed by atoms with Crippen LogP contribution < -0.4 is 0 Å². The lowest BCUT2D eigenvalue weighted by Gasteiger charge is -2.10. The molecule has 0 amide bonds. The molecule has 0 aromatic heterocycles. The Kier molecular flexibility index (Phi) is 3.33. The smallest absolute Gasteiger partial charge is 0.217 e. The first-order valence-corrected chi connectivity index (χ1v) is 4.15. The lowest BCUT2D eigenvalue weighted by atomic mass is 10.6. The van der Waals surface area contributed by atoms with Crippen LogP contribution in [0.3, 0.4) is 0 Å². The Morgan fingerprint density at radius 3 is 1.71 bits per heavy atom. The van der Waals surface area contributed by atoms with Crippen LogP contribution >= 0.6 is 47.8 Å². The first-order chi connectivity index (χ1) is 2.94. The average molecular weight is 299 g/mol. The second-order valence-corrected chi connectivity index (χ2v) is 5.90. The number of rotatable bonds is 1. The van der Waals surface area contributed by atoms with Crippen molar-refractivity contribution < 1.29 is 4.39 Å². The van der Waals surface area contributed by atoms with Crippen molar-refractivity contribution in [2.75, 3.05) is 0 Å². The molecule has 0 spiro atoms. The fourth-order valence-electron chi connectivity index (χ4n) is 0. The normalized spacial score (nSPS) is 16.7. The van der Waals surface area contributed by atoms with Crippen molar-refractivity contribution >= 4 is 47.8 Å². The van der Waals surface area contributed by atoms with Crippen molar-refractivity contribution in [2.45, 2.75) is 15.2 Å². The van der Waals surface area contributed by atoms with Crippen molar-refractivity contribution in [3.63, 3.8) is 0 Å². The zero-order valence-corrected chi connectivity index (χ0v) is 8.35. The van der Waals surface area contributed by atoms with Crippen molar-refractivity contribution in [3.8, 4) is 0 Å². The largest absolute Gasteiger partial charge is 0.230 e. The van der Waals surface area contributed by atoms with Crippen LogP contribution in [0.1, 0.15) is 6.92 Å². The number of hydrogen-bond donors (Lipinski definition) is 0. The van der Waals surface area contributed by atoms with Crippen molar-refractivity contribution in [1.82, 2.24) is 0 Å². The molecule has 0 aromatic carbocycles. The molecule has 0 aromatic rings. The topological polar surface area (TPSA) is 0 Å². The summed E-state index contributed by atoms with van der Waals surface area (Å²) in [6, 6.07) is 0. The van der Waals surface area contributed by atoms with Gasteiger partial charge in [-0.2, -0.15) is 0 Å². The van der Waals surface area contributed by atoms with Gasteiger partial charge in [0, 0.05) is 0 Å².